The smallest absolute Gasteiger partial charge is 0.243 e. The molecule has 1 N–H and O–H groups in total. The van der Waals surface area contributed by atoms with E-state index in [0.717, 1.165) is 37.9 Å². The number of piperazine rings is 1. The van der Waals surface area contributed by atoms with Gasteiger partial charge in [0.2, 0.25) is 5.89 Å². The molecule has 0 spiro atoms. The van der Waals surface area contributed by atoms with Crippen LogP contribution in [0.1, 0.15) is 55.3 Å². The number of aliphatic hydroxyl groups is 1. The van der Waals surface area contributed by atoms with Crippen LogP contribution >= 0.6 is 0 Å². The molecule has 1 saturated carbocycles. The third-order valence-electron chi connectivity index (χ3n) is 5.01. The van der Waals surface area contributed by atoms with Crippen LogP contribution in [0.3, 0.4) is 0 Å². The van der Waals surface area contributed by atoms with Gasteiger partial charge < -0.3 is 14.0 Å². The summed E-state index contributed by atoms with van der Waals surface area (Å²) in [6, 6.07) is 3.76. The summed E-state index contributed by atoms with van der Waals surface area (Å²) in [5.74, 6) is 2.75. The van der Waals surface area contributed by atoms with Gasteiger partial charge in [0.25, 0.3) is 0 Å². The van der Waals surface area contributed by atoms with E-state index in [1.165, 1.54) is 12.8 Å². The Morgan fingerprint density at radius 2 is 2.08 bits per heavy atom. The van der Waals surface area contributed by atoms with Crippen molar-refractivity contribution in [1.29, 1.82) is 0 Å². The van der Waals surface area contributed by atoms with Crippen molar-refractivity contribution < 1.29 is 14.0 Å². The van der Waals surface area contributed by atoms with Gasteiger partial charge in [-0.05, 0) is 31.9 Å². The predicted octanol–water partition coefficient (Wildman–Crippen LogP) is 1.95. The lowest BCUT2D eigenvalue weighted by Crippen LogP contribution is -2.48. The Kier molecular flexibility index (Phi) is 4.39. The molecule has 0 unspecified atom stereocenters. The first-order valence-electron chi connectivity index (χ1n) is 8.72. The van der Waals surface area contributed by atoms with Crippen LogP contribution in [-0.2, 0) is 0 Å². The van der Waals surface area contributed by atoms with Gasteiger partial charge in [-0.3, -0.25) is 9.80 Å². The minimum Gasteiger partial charge on any atom is -0.467 e. The molecule has 7 heteroatoms. The number of rotatable bonds is 6. The van der Waals surface area contributed by atoms with Crippen LogP contribution in [-0.4, -0.2) is 57.8 Å². The fraction of sp³-hybridized carbons (Fsp3) is 0.647. The Morgan fingerprint density at radius 1 is 1.29 bits per heavy atom. The van der Waals surface area contributed by atoms with Gasteiger partial charge >= 0.3 is 0 Å². The highest BCUT2D eigenvalue weighted by molar-refractivity contribution is 5.05. The fourth-order valence-electron chi connectivity index (χ4n) is 3.23. The van der Waals surface area contributed by atoms with Crippen LogP contribution in [0.2, 0.25) is 0 Å². The second-order valence-corrected chi connectivity index (χ2v) is 6.81. The van der Waals surface area contributed by atoms with Gasteiger partial charge in [0, 0.05) is 38.6 Å². The molecule has 1 aliphatic heterocycles. The Morgan fingerprint density at radius 3 is 2.75 bits per heavy atom. The van der Waals surface area contributed by atoms with E-state index < -0.39 is 6.10 Å². The van der Waals surface area contributed by atoms with E-state index in [1.54, 1.807) is 12.3 Å². The van der Waals surface area contributed by atoms with Gasteiger partial charge in [-0.25, -0.2) is 0 Å². The highest BCUT2D eigenvalue weighted by atomic mass is 16.5. The second kappa shape index (κ2) is 6.66. The minimum absolute atomic E-state index is 0.141. The van der Waals surface area contributed by atoms with Gasteiger partial charge in [0.05, 0.1) is 12.3 Å². The SMILES string of the molecule is C[C@H](c1nc(C2CC2)no1)N1CCN(C[C@H](O)c2ccco2)CC1. The van der Waals surface area contributed by atoms with Crippen molar-refractivity contribution in [2.75, 3.05) is 32.7 Å². The Hall–Kier alpha value is -1.70. The van der Waals surface area contributed by atoms with E-state index in [9.17, 15) is 5.11 Å². The molecule has 4 rings (SSSR count). The molecule has 130 valence electrons. The van der Waals surface area contributed by atoms with Crippen LogP contribution < -0.4 is 0 Å². The standard InChI is InChI=1S/C17H24N4O3/c1-12(17-18-16(19-24-17)13-4-5-13)21-8-6-20(7-9-21)11-14(22)15-3-2-10-23-15/h2-3,10,12-14,22H,4-9,11H2,1H3/t12-,14+/m1/s1. The van der Waals surface area contributed by atoms with E-state index in [-0.39, 0.29) is 6.04 Å². The van der Waals surface area contributed by atoms with Crippen LogP contribution in [0.15, 0.2) is 27.3 Å². The highest BCUT2D eigenvalue weighted by Gasteiger charge is 2.31. The summed E-state index contributed by atoms with van der Waals surface area (Å²) in [6.07, 6.45) is 3.40. The zero-order valence-electron chi connectivity index (χ0n) is 14.0. The lowest BCUT2D eigenvalue weighted by Gasteiger charge is -2.37. The molecule has 0 amide bonds. The molecule has 2 aromatic heterocycles. The molecule has 2 aromatic rings. The first-order chi connectivity index (χ1) is 11.7. The molecule has 1 aliphatic carbocycles. The van der Waals surface area contributed by atoms with Crippen molar-refractivity contribution in [1.82, 2.24) is 19.9 Å². The minimum atomic E-state index is -0.569. The van der Waals surface area contributed by atoms with Gasteiger partial charge in [-0.15, -0.1) is 0 Å². The lowest BCUT2D eigenvalue weighted by atomic mass is 10.2. The molecular weight excluding hydrogens is 308 g/mol. The summed E-state index contributed by atoms with van der Waals surface area (Å²) < 4.78 is 10.7. The fourth-order valence-corrected chi connectivity index (χ4v) is 3.23. The second-order valence-electron chi connectivity index (χ2n) is 6.81. The molecule has 3 heterocycles. The van der Waals surface area contributed by atoms with Crippen LogP contribution in [0.5, 0.6) is 0 Å². The maximum atomic E-state index is 10.2. The Labute approximate surface area is 141 Å². The van der Waals surface area contributed by atoms with Gasteiger partial charge in [-0.2, -0.15) is 4.98 Å². The van der Waals surface area contributed by atoms with Gasteiger partial charge in [-0.1, -0.05) is 5.16 Å². The number of β-amino-alcohol motifs (C(OH)–C–C–N with tert-alkyl or cyclic N) is 1. The number of nitrogens with zero attached hydrogens (tertiary/aromatic N) is 4. The van der Waals surface area contributed by atoms with Crippen molar-refractivity contribution in [3.05, 3.63) is 35.9 Å². The van der Waals surface area contributed by atoms with Gasteiger partial charge in [0.15, 0.2) is 5.82 Å². The zero-order chi connectivity index (χ0) is 16.5. The summed E-state index contributed by atoms with van der Waals surface area (Å²) >= 11 is 0. The van der Waals surface area contributed by atoms with Crippen molar-refractivity contribution in [3.8, 4) is 0 Å². The maximum absolute atomic E-state index is 10.2. The molecule has 2 atom stereocenters. The molecule has 1 saturated heterocycles. The van der Waals surface area contributed by atoms with E-state index in [4.69, 9.17) is 8.94 Å². The van der Waals surface area contributed by atoms with Crippen molar-refractivity contribution in [3.63, 3.8) is 0 Å². The van der Waals surface area contributed by atoms with Crippen molar-refractivity contribution in [2.45, 2.75) is 37.8 Å². The first kappa shape index (κ1) is 15.8. The summed E-state index contributed by atoms with van der Waals surface area (Å²) in [6.45, 7) is 6.39. The summed E-state index contributed by atoms with van der Waals surface area (Å²) in [7, 11) is 0. The quantitative estimate of drug-likeness (QED) is 0.866. The summed E-state index contributed by atoms with van der Waals surface area (Å²) in [5.41, 5.74) is 0. The average molecular weight is 332 g/mol. The maximum Gasteiger partial charge on any atom is 0.243 e. The number of furan rings is 1. The number of aromatic nitrogens is 2. The predicted molar refractivity (Wildman–Crippen MR) is 86.4 cm³/mol. The molecule has 0 aromatic carbocycles. The van der Waals surface area contributed by atoms with Crippen LogP contribution in [0, 0.1) is 0 Å². The van der Waals surface area contributed by atoms with Crippen LogP contribution in [0.25, 0.3) is 0 Å². The number of hydrogen-bond acceptors (Lipinski definition) is 7. The molecule has 24 heavy (non-hydrogen) atoms. The van der Waals surface area contributed by atoms with E-state index in [0.29, 0.717) is 18.2 Å². The van der Waals surface area contributed by atoms with Gasteiger partial charge in [0.1, 0.15) is 11.9 Å². The summed E-state index contributed by atoms with van der Waals surface area (Å²) in [4.78, 5) is 9.19. The molecule has 0 bridgehead atoms. The topological polar surface area (TPSA) is 78.8 Å². The number of aliphatic hydroxyl groups excluding tert-OH is 1. The Balaban J connectivity index is 1.28. The molecule has 7 nitrogen and oxygen atoms in total. The molecule has 2 fully saturated rings. The largest absolute Gasteiger partial charge is 0.467 e. The third-order valence-corrected chi connectivity index (χ3v) is 5.01. The van der Waals surface area contributed by atoms with E-state index in [1.807, 2.05) is 6.07 Å². The monoisotopic (exact) mass is 332 g/mol. The first-order valence-corrected chi connectivity index (χ1v) is 8.72. The third kappa shape index (κ3) is 3.38. The average Bonchev–Trinajstić information content (AvgIpc) is 3.12. The lowest BCUT2D eigenvalue weighted by molar-refractivity contribution is 0.0452. The molecular formula is C17H24N4O3. The number of hydrogen-bond donors (Lipinski definition) is 1. The van der Waals surface area contributed by atoms with Crippen molar-refractivity contribution >= 4 is 0 Å². The molecule has 2 aliphatic rings. The molecule has 0 radical (unpaired) electrons. The Bertz CT molecular complexity index is 645. The van der Waals surface area contributed by atoms with E-state index in [2.05, 4.69) is 26.9 Å². The van der Waals surface area contributed by atoms with Crippen LogP contribution in [0.4, 0.5) is 0 Å². The normalized spacial score (nSPS) is 22.6. The summed E-state index contributed by atoms with van der Waals surface area (Å²) in [5, 5.41) is 14.3. The van der Waals surface area contributed by atoms with E-state index >= 15 is 0 Å². The zero-order valence-corrected chi connectivity index (χ0v) is 14.0. The van der Waals surface area contributed by atoms with Crippen molar-refractivity contribution in [2.24, 2.45) is 0 Å². The highest BCUT2D eigenvalue weighted by Crippen LogP contribution is 2.38.